The molecule has 6 aromatic rings. The second-order valence-corrected chi connectivity index (χ2v) is 18.3. The molecule has 16 heteroatoms. The third-order valence-electron chi connectivity index (χ3n) is 12.7. The highest BCUT2D eigenvalue weighted by Crippen LogP contribution is 2.35. The van der Waals surface area contributed by atoms with Gasteiger partial charge in [0.05, 0.1) is 11.7 Å². The first-order valence-electron chi connectivity index (χ1n) is 22.1. The summed E-state index contributed by atoms with van der Waals surface area (Å²) in [5.74, 6) is -0.234. The topological polar surface area (TPSA) is 169 Å². The van der Waals surface area contributed by atoms with Crippen molar-refractivity contribution >= 4 is 45.9 Å². The van der Waals surface area contributed by atoms with Gasteiger partial charge in [0.2, 0.25) is 11.8 Å². The molecule has 64 heavy (non-hydrogen) atoms. The van der Waals surface area contributed by atoms with Crippen LogP contribution in [0.15, 0.2) is 77.6 Å². The highest BCUT2D eigenvalue weighted by atomic mass is 19.1. The summed E-state index contributed by atoms with van der Waals surface area (Å²) in [6.07, 6.45) is 4.05. The minimum absolute atomic E-state index is 0.0682. The molecule has 4 amide bonds. The summed E-state index contributed by atoms with van der Waals surface area (Å²) in [5.41, 5.74) is 7.48. The molecule has 3 aliphatic rings. The number of hydrogen-bond donors (Lipinski definition) is 3. The van der Waals surface area contributed by atoms with Crippen LogP contribution >= 0.6 is 0 Å². The van der Waals surface area contributed by atoms with Crippen LogP contribution in [0.4, 0.5) is 26.2 Å². The maximum Gasteiger partial charge on any atom is 0.328 e. The van der Waals surface area contributed by atoms with E-state index in [1.54, 1.807) is 17.9 Å². The van der Waals surface area contributed by atoms with Gasteiger partial charge in [-0.2, -0.15) is 4.98 Å². The van der Waals surface area contributed by atoms with Crippen molar-refractivity contribution in [1.29, 1.82) is 0 Å². The van der Waals surface area contributed by atoms with Gasteiger partial charge in [0.25, 0.3) is 11.7 Å². The van der Waals surface area contributed by atoms with Gasteiger partial charge in [-0.05, 0) is 104 Å². The van der Waals surface area contributed by atoms with Crippen molar-refractivity contribution in [2.75, 3.05) is 67.1 Å². The van der Waals surface area contributed by atoms with Gasteiger partial charge in [-0.1, -0.05) is 38.1 Å². The van der Waals surface area contributed by atoms with Crippen molar-refractivity contribution in [1.82, 2.24) is 40.6 Å². The lowest BCUT2D eigenvalue weighted by molar-refractivity contribution is -0.120. The summed E-state index contributed by atoms with van der Waals surface area (Å²) in [5, 5.41) is 9.81. The number of aromatic amines is 1. The summed E-state index contributed by atoms with van der Waals surface area (Å²) >= 11 is 0. The van der Waals surface area contributed by atoms with Gasteiger partial charge in [-0.3, -0.25) is 24.7 Å². The molecular weight excluding hydrogens is 814 g/mol. The quantitative estimate of drug-likeness (QED) is 0.126. The maximum atomic E-state index is 16.0. The van der Waals surface area contributed by atoms with Crippen LogP contribution in [0.1, 0.15) is 80.6 Å². The number of fused-ring (bicyclic) bond motifs is 1. The minimum Gasteiger partial charge on any atom is -0.372 e. The van der Waals surface area contributed by atoms with Gasteiger partial charge in [0.1, 0.15) is 17.8 Å². The van der Waals surface area contributed by atoms with Crippen LogP contribution in [0.3, 0.4) is 0 Å². The number of imide groups is 1. The SMILES string of the molecule is Cc1cc(-c2ncnc3[nH]c(-c4ccc(N5CCN(CC6CCN(c7ccc(N8CCC(=O)NC8=O)cc7)CC6)CC5)cc4)cc23)c(F)cc1[C@@H](C)NC(=O)c1noc(C(C)(C)C)n1. The zero-order valence-electron chi connectivity index (χ0n) is 36.9. The van der Waals surface area contributed by atoms with E-state index in [0.29, 0.717) is 52.6 Å². The summed E-state index contributed by atoms with van der Waals surface area (Å²) in [6, 6.07) is 21.0. The highest BCUT2D eigenvalue weighted by molar-refractivity contribution is 6.05. The molecule has 3 aromatic heterocycles. The van der Waals surface area contributed by atoms with Crippen molar-refractivity contribution in [3.8, 4) is 22.5 Å². The van der Waals surface area contributed by atoms with Crippen molar-refractivity contribution in [3.05, 3.63) is 102 Å². The minimum atomic E-state index is -0.522. The fourth-order valence-corrected chi connectivity index (χ4v) is 9.05. The second kappa shape index (κ2) is 17.5. The van der Waals surface area contributed by atoms with Crippen molar-refractivity contribution in [2.24, 2.45) is 5.92 Å². The van der Waals surface area contributed by atoms with E-state index >= 15 is 4.39 Å². The Balaban J connectivity index is 0.781. The molecule has 15 nitrogen and oxygen atoms in total. The number of hydrogen-bond acceptors (Lipinski definition) is 11. The number of anilines is 3. The Labute approximate surface area is 371 Å². The molecule has 0 radical (unpaired) electrons. The predicted molar refractivity (Wildman–Crippen MR) is 244 cm³/mol. The summed E-state index contributed by atoms with van der Waals surface area (Å²) < 4.78 is 21.3. The van der Waals surface area contributed by atoms with Crippen LogP contribution in [0.25, 0.3) is 33.5 Å². The number of aromatic nitrogens is 5. The van der Waals surface area contributed by atoms with Gasteiger partial charge >= 0.3 is 6.03 Å². The Morgan fingerprint density at radius 1 is 0.891 bits per heavy atom. The van der Waals surface area contributed by atoms with Gasteiger partial charge in [-0.15, -0.1) is 0 Å². The number of H-pyrrole nitrogens is 1. The Kier molecular flexibility index (Phi) is 11.6. The predicted octanol–water partition coefficient (Wildman–Crippen LogP) is 7.40. The van der Waals surface area contributed by atoms with E-state index < -0.39 is 23.2 Å². The molecule has 3 N–H and O–H groups in total. The number of benzene rings is 3. The molecule has 0 bridgehead atoms. The van der Waals surface area contributed by atoms with Crippen LogP contribution in [0.5, 0.6) is 0 Å². The van der Waals surface area contributed by atoms with Crippen molar-refractivity contribution in [2.45, 2.75) is 65.3 Å². The van der Waals surface area contributed by atoms with E-state index in [1.807, 2.05) is 45.9 Å². The largest absolute Gasteiger partial charge is 0.372 e. The van der Waals surface area contributed by atoms with E-state index in [4.69, 9.17) is 4.52 Å². The zero-order valence-corrected chi connectivity index (χ0v) is 36.9. The molecule has 3 fully saturated rings. The summed E-state index contributed by atoms with van der Waals surface area (Å²) in [7, 11) is 0. The zero-order chi connectivity index (χ0) is 44.7. The first-order valence-corrected chi connectivity index (χ1v) is 22.1. The van der Waals surface area contributed by atoms with Gasteiger partial charge < -0.3 is 24.6 Å². The number of urea groups is 1. The van der Waals surface area contributed by atoms with Crippen LogP contribution in [0, 0.1) is 18.7 Å². The highest BCUT2D eigenvalue weighted by Gasteiger charge is 2.28. The molecule has 0 aliphatic carbocycles. The number of carbonyl (C=O) groups is 3. The van der Waals surface area contributed by atoms with Gasteiger partial charge in [0.15, 0.2) is 0 Å². The molecule has 6 heterocycles. The number of nitrogens with zero attached hydrogens (tertiary/aromatic N) is 8. The van der Waals surface area contributed by atoms with Crippen molar-refractivity contribution in [3.63, 3.8) is 0 Å². The Bertz CT molecular complexity index is 2670. The monoisotopic (exact) mass is 867 g/mol. The lowest BCUT2D eigenvalue weighted by Gasteiger charge is -2.40. The summed E-state index contributed by atoms with van der Waals surface area (Å²) in [6.45, 7) is 16.9. The number of nitrogens with one attached hydrogen (secondary N) is 3. The lowest BCUT2D eigenvalue weighted by atomic mass is 9.95. The first kappa shape index (κ1) is 42.6. The van der Waals surface area contributed by atoms with E-state index in [-0.39, 0.29) is 17.8 Å². The maximum absolute atomic E-state index is 16.0. The molecule has 9 rings (SSSR count). The third kappa shape index (κ3) is 8.91. The first-order chi connectivity index (χ1) is 30.8. The number of halogens is 1. The van der Waals surface area contributed by atoms with Crippen molar-refractivity contribution < 1.29 is 23.3 Å². The third-order valence-corrected chi connectivity index (χ3v) is 12.7. The number of aryl methyl sites for hydroxylation is 1. The molecule has 0 saturated carbocycles. The van der Waals surface area contributed by atoms with E-state index in [2.05, 4.69) is 86.8 Å². The second-order valence-electron chi connectivity index (χ2n) is 18.3. The average molecular weight is 868 g/mol. The number of amides is 4. The summed E-state index contributed by atoms with van der Waals surface area (Å²) in [4.78, 5) is 62.5. The van der Waals surface area contributed by atoms with E-state index in [1.165, 1.54) is 23.8 Å². The van der Waals surface area contributed by atoms with Gasteiger partial charge in [-0.25, -0.2) is 19.2 Å². The number of piperidine rings is 1. The van der Waals surface area contributed by atoms with Crippen LogP contribution in [-0.4, -0.2) is 100 Å². The van der Waals surface area contributed by atoms with E-state index in [9.17, 15) is 14.4 Å². The Morgan fingerprint density at radius 2 is 1.56 bits per heavy atom. The molecule has 1 atom stereocenters. The van der Waals surface area contributed by atoms with Gasteiger partial charge in [0, 0.05) is 97.9 Å². The fraction of sp³-hybridized carbons (Fsp3) is 0.396. The number of carbonyl (C=O) groups excluding carboxylic acids is 3. The standard InChI is InChI=1S/C48H54FN11O4/c1-29-24-37(39(49)25-36(29)30(2)52-45(62)44-55-46(64-56-44)48(3,4)5)42-38-26-40(53-43(38)51-28-50-42)32-6-8-33(9-7-32)59-22-20-57(21-23-59)27-31-14-17-58(18-15-31)34-10-12-35(13-11-34)60-19-16-41(61)54-47(60)63/h6-13,24-26,28,30-31H,14-23,27H2,1-5H3,(H,52,62)(H,50,51,53)(H,54,61,63)/t30-/m1/s1. The number of rotatable bonds is 10. The smallest absolute Gasteiger partial charge is 0.328 e. The Hall–Kier alpha value is -6.68. The molecule has 3 saturated heterocycles. The average Bonchev–Trinajstić information content (AvgIpc) is 3.98. The van der Waals surface area contributed by atoms with E-state index in [0.717, 1.165) is 81.2 Å². The van der Waals surface area contributed by atoms with Crippen LogP contribution in [0.2, 0.25) is 0 Å². The Morgan fingerprint density at radius 3 is 2.23 bits per heavy atom. The normalized spacial score (nSPS) is 17.2. The van der Waals surface area contributed by atoms with Crippen LogP contribution in [-0.2, 0) is 10.2 Å². The molecular formula is C48H54FN11O4. The molecule has 0 unspecified atom stereocenters. The number of piperazine rings is 1. The molecule has 3 aliphatic heterocycles. The molecule has 332 valence electrons. The lowest BCUT2D eigenvalue weighted by Crippen LogP contribution is -2.49. The molecule has 3 aromatic carbocycles. The van der Waals surface area contributed by atoms with Crippen LogP contribution < -0.4 is 25.3 Å². The fourth-order valence-electron chi connectivity index (χ4n) is 9.05. The molecule has 0 spiro atoms.